The molecule has 0 aliphatic heterocycles. The highest BCUT2D eigenvalue weighted by molar-refractivity contribution is 6.00. The van der Waals surface area contributed by atoms with Gasteiger partial charge in [-0.2, -0.15) is 0 Å². The van der Waals surface area contributed by atoms with Gasteiger partial charge >= 0.3 is 5.97 Å². The molecule has 5 aliphatic carbocycles. The van der Waals surface area contributed by atoms with Crippen LogP contribution in [0, 0.1) is 56.7 Å². The third-order valence-corrected chi connectivity index (χ3v) is 16.5. The van der Waals surface area contributed by atoms with Crippen molar-refractivity contribution in [1.29, 1.82) is 0 Å². The minimum atomic E-state index is -1.52. The summed E-state index contributed by atoms with van der Waals surface area (Å²) in [7, 11) is 0. The second-order valence-electron chi connectivity index (χ2n) is 19.0. The molecule has 5 fully saturated rings. The summed E-state index contributed by atoms with van der Waals surface area (Å²) >= 11 is 0. The van der Waals surface area contributed by atoms with Crippen LogP contribution in [0.4, 0.5) is 0 Å². The van der Waals surface area contributed by atoms with Crippen molar-refractivity contribution in [2.24, 2.45) is 62.4 Å². The second kappa shape index (κ2) is 14.6. The molecule has 0 aromatic rings. The Labute approximate surface area is 302 Å². The fraction of sp³-hybridized carbons (Fsp3) is 0.881. The maximum atomic E-state index is 15.2. The largest absolute Gasteiger partial charge is 0.481 e. The van der Waals surface area contributed by atoms with Crippen molar-refractivity contribution in [3.05, 3.63) is 12.2 Å². The molecule has 1 unspecified atom stereocenters. The third kappa shape index (κ3) is 6.33. The predicted octanol–water partition coefficient (Wildman–Crippen LogP) is 7.50. The first-order valence-corrected chi connectivity index (χ1v) is 20.2. The SMILES string of the molecule is C=C(C)[C@@H]1CC[C@]2(C(=O)N(CCCCCCCN)C(=O)[C@@H](O)CCC(=O)O)CC[C@]3(C)[C@H](CCC4[C@@]5(C)CC[C@H](O)C(C)(C)[C@@H]5CC[C@]43C)[C@@H]12. The van der Waals surface area contributed by atoms with Crippen LogP contribution in [0.2, 0.25) is 0 Å². The number of hydrogen-bond acceptors (Lipinski definition) is 6. The number of amides is 2. The molecule has 50 heavy (non-hydrogen) atoms. The molecular weight excluding hydrogens is 628 g/mol. The van der Waals surface area contributed by atoms with Gasteiger partial charge < -0.3 is 21.1 Å². The van der Waals surface area contributed by atoms with Gasteiger partial charge in [-0.25, -0.2) is 0 Å². The zero-order valence-corrected chi connectivity index (χ0v) is 32.3. The maximum Gasteiger partial charge on any atom is 0.303 e. The summed E-state index contributed by atoms with van der Waals surface area (Å²) in [6, 6.07) is 0. The molecule has 0 aromatic carbocycles. The van der Waals surface area contributed by atoms with Gasteiger partial charge in [-0.3, -0.25) is 19.3 Å². The van der Waals surface area contributed by atoms with Gasteiger partial charge in [0.25, 0.3) is 5.91 Å². The first-order valence-electron chi connectivity index (χ1n) is 20.2. The molecule has 2 amide bonds. The molecule has 0 bridgehead atoms. The summed E-state index contributed by atoms with van der Waals surface area (Å²) in [6.07, 6.45) is 11.8. The summed E-state index contributed by atoms with van der Waals surface area (Å²) in [5.74, 6) is -0.212. The van der Waals surface area contributed by atoms with E-state index in [0.717, 1.165) is 95.5 Å². The highest BCUT2D eigenvalue weighted by Gasteiger charge is 2.72. The number of imide groups is 1. The Morgan fingerprint density at radius 3 is 2.18 bits per heavy atom. The maximum absolute atomic E-state index is 15.2. The molecule has 8 nitrogen and oxygen atoms in total. The zero-order valence-electron chi connectivity index (χ0n) is 32.3. The van der Waals surface area contributed by atoms with Gasteiger partial charge in [-0.15, -0.1) is 0 Å². The Kier molecular flexibility index (Phi) is 11.5. The van der Waals surface area contributed by atoms with Gasteiger partial charge in [-0.1, -0.05) is 66.0 Å². The van der Waals surface area contributed by atoms with Crippen LogP contribution >= 0.6 is 0 Å². The summed E-state index contributed by atoms with van der Waals surface area (Å²) in [5.41, 5.74) is 6.30. The van der Waals surface area contributed by atoms with Crippen molar-refractivity contribution in [2.45, 2.75) is 163 Å². The number of unbranched alkanes of at least 4 members (excludes halogenated alkanes) is 4. The van der Waals surface area contributed by atoms with Crippen molar-refractivity contribution < 1.29 is 29.7 Å². The smallest absolute Gasteiger partial charge is 0.303 e. The number of hydrogen-bond donors (Lipinski definition) is 4. The first kappa shape index (κ1) is 39.4. The average Bonchev–Trinajstić information content (AvgIpc) is 3.46. The molecule has 5 saturated carbocycles. The van der Waals surface area contributed by atoms with E-state index in [-0.39, 0.29) is 64.9 Å². The van der Waals surface area contributed by atoms with Crippen LogP contribution < -0.4 is 5.73 Å². The Morgan fingerprint density at radius 1 is 0.840 bits per heavy atom. The number of nitrogens with zero attached hydrogens (tertiary/aromatic N) is 1. The number of nitrogens with two attached hydrogens (primary N) is 1. The van der Waals surface area contributed by atoms with Crippen LogP contribution in [0.1, 0.15) is 151 Å². The van der Waals surface area contributed by atoms with Gasteiger partial charge in [0.05, 0.1) is 11.5 Å². The molecule has 0 saturated heterocycles. The number of carbonyl (C=O) groups excluding carboxylic acids is 2. The quantitative estimate of drug-likeness (QED) is 0.115. The van der Waals surface area contributed by atoms with Crippen molar-refractivity contribution in [3.8, 4) is 0 Å². The number of aliphatic hydroxyl groups is 2. The van der Waals surface area contributed by atoms with Gasteiger partial charge in [0.2, 0.25) is 5.91 Å². The molecule has 5 rings (SSSR count). The van der Waals surface area contributed by atoms with Gasteiger partial charge in [0.1, 0.15) is 6.10 Å². The normalized spacial score (nSPS) is 40.8. The Hall–Kier alpha value is -1.77. The Morgan fingerprint density at radius 2 is 1.52 bits per heavy atom. The van der Waals surface area contributed by atoms with E-state index in [2.05, 4.69) is 48.1 Å². The number of carboxylic acids is 1. The standard InChI is InChI=1S/C42H70N2O6/c1-27(2)28-17-22-42(37(50)44(26-12-10-8-9-11-25-43)36(49)30(45)14-16-34(47)48)24-23-40(6)29(35(28)42)13-15-32-39(5)20-19-33(46)38(3,4)31(39)18-21-41(32,40)7/h28-33,35,45-46H,1,8-26,43H2,2-7H3,(H,47,48)/t28-,29+,30-,31-,32?,33-,35+,39-,40+,41+,42-/m0/s1. The predicted molar refractivity (Wildman–Crippen MR) is 197 cm³/mol. The van der Waals surface area contributed by atoms with E-state index in [1.54, 1.807) is 0 Å². The number of aliphatic hydroxyl groups excluding tert-OH is 2. The summed E-state index contributed by atoms with van der Waals surface area (Å²) in [6.45, 7) is 19.7. The van der Waals surface area contributed by atoms with E-state index >= 15 is 4.79 Å². The van der Waals surface area contributed by atoms with Crippen molar-refractivity contribution >= 4 is 17.8 Å². The van der Waals surface area contributed by atoms with E-state index in [9.17, 15) is 24.9 Å². The average molecular weight is 699 g/mol. The van der Waals surface area contributed by atoms with E-state index in [1.807, 2.05) is 0 Å². The first-order chi connectivity index (χ1) is 23.4. The number of carbonyl (C=O) groups is 3. The molecule has 0 radical (unpaired) electrons. The molecule has 11 atom stereocenters. The summed E-state index contributed by atoms with van der Waals surface area (Å²) in [5, 5.41) is 31.3. The van der Waals surface area contributed by atoms with E-state index < -0.39 is 23.4 Å². The Balaban J connectivity index is 1.48. The van der Waals surface area contributed by atoms with Crippen LogP contribution in [-0.2, 0) is 14.4 Å². The van der Waals surface area contributed by atoms with Crippen LogP contribution in [0.15, 0.2) is 12.2 Å². The molecular formula is C42H70N2O6. The monoisotopic (exact) mass is 699 g/mol. The molecule has 0 spiro atoms. The molecule has 5 N–H and O–H groups in total. The Bertz CT molecular complexity index is 1300. The molecule has 8 heteroatoms. The van der Waals surface area contributed by atoms with Gasteiger partial charge in [-0.05, 0) is 148 Å². The second-order valence-corrected chi connectivity index (χ2v) is 19.0. The van der Waals surface area contributed by atoms with Crippen LogP contribution in [0.5, 0.6) is 0 Å². The molecule has 284 valence electrons. The lowest BCUT2D eigenvalue weighted by Gasteiger charge is -2.72. The fourth-order valence-corrected chi connectivity index (χ4v) is 13.6. The summed E-state index contributed by atoms with van der Waals surface area (Å²) in [4.78, 5) is 41.8. The van der Waals surface area contributed by atoms with Crippen LogP contribution in [-0.4, -0.2) is 63.3 Å². The lowest BCUT2D eigenvalue weighted by atomic mass is 9.32. The number of fused-ring (bicyclic) bond motifs is 7. The fourth-order valence-electron chi connectivity index (χ4n) is 13.6. The van der Waals surface area contributed by atoms with Crippen molar-refractivity contribution in [3.63, 3.8) is 0 Å². The molecule has 0 heterocycles. The number of allylic oxidation sites excluding steroid dienone is 1. The lowest BCUT2D eigenvalue weighted by Crippen LogP contribution is -2.67. The minimum Gasteiger partial charge on any atom is -0.481 e. The van der Waals surface area contributed by atoms with Crippen LogP contribution in [0.25, 0.3) is 0 Å². The van der Waals surface area contributed by atoms with Gasteiger partial charge in [0.15, 0.2) is 0 Å². The molecule has 5 aliphatic rings. The molecule has 0 aromatic heterocycles. The minimum absolute atomic E-state index is 0.0232. The topological polar surface area (TPSA) is 141 Å². The van der Waals surface area contributed by atoms with Crippen LogP contribution in [0.3, 0.4) is 0 Å². The number of rotatable bonds is 13. The zero-order chi connectivity index (χ0) is 36.9. The lowest BCUT2D eigenvalue weighted by molar-refractivity contribution is -0.247. The van der Waals surface area contributed by atoms with Crippen molar-refractivity contribution in [2.75, 3.05) is 13.1 Å². The van der Waals surface area contributed by atoms with E-state index in [1.165, 1.54) is 4.90 Å². The van der Waals surface area contributed by atoms with E-state index in [0.29, 0.717) is 30.7 Å². The summed E-state index contributed by atoms with van der Waals surface area (Å²) < 4.78 is 0. The number of aliphatic carboxylic acids is 1. The van der Waals surface area contributed by atoms with Gasteiger partial charge in [0, 0.05) is 13.0 Å². The number of carboxylic acid groups (broad SMARTS) is 1. The third-order valence-electron chi connectivity index (χ3n) is 16.5. The van der Waals surface area contributed by atoms with Crippen molar-refractivity contribution in [1.82, 2.24) is 4.90 Å². The van der Waals surface area contributed by atoms with E-state index in [4.69, 9.17) is 5.73 Å². The highest BCUT2D eigenvalue weighted by atomic mass is 16.4. The highest BCUT2D eigenvalue weighted by Crippen LogP contribution is 2.77.